The van der Waals surface area contributed by atoms with E-state index in [1.54, 1.807) is 0 Å². The minimum Gasteiger partial charge on any atom is -0.381 e. The third-order valence-electron chi connectivity index (χ3n) is 1.82. The highest BCUT2D eigenvalue weighted by molar-refractivity contribution is 6.08. The average Bonchev–Trinajstić information content (AvgIpc) is 1.95. The molecule has 0 atom stereocenters. The lowest BCUT2D eigenvalue weighted by atomic mass is 9.90. The second-order valence-electron chi connectivity index (χ2n) is 3.46. The Labute approximate surface area is 71.7 Å². The quantitative estimate of drug-likeness (QED) is 0.454. The van der Waals surface area contributed by atoms with Crippen molar-refractivity contribution < 1.29 is 9.47 Å². The summed E-state index contributed by atoms with van der Waals surface area (Å²) in [5.41, 5.74) is 0.311. The van der Waals surface area contributed by atoms with Gasteiger partial charge in [-0.05, 0) is 6.42 Å². The van der Waals surface area contributed by atoms with Crippen LogP contribution in [0.2, 0.25) is 6.04 Å². The van der Waals surface area contributed by atoms with Crippen molar-refractivity contribution in [3.8, 4) is 0 Å². The lowest BCUT2D eigenvalue weighted by molar-refractivity contribution is -0.137. The Kier molecular flexibility index (Phi) is 3.55. The largest absolute Gasteiger partial charge is 0.381 e. The van der Waals surface area contributed by atoms with E-state index in [4.69, 9.17) is 9.47 Å². The third-order valence-corrected chi connectivity index (χ3v) is 2.17. The molecule has 1 aliphatic heterocycles. The molecule has 0 N–H and O–H groups in total. The Balaban J connectivity index is 1.94. The van der Waals surface area contributed by atoms with Crippen molar-refractivity contribution in [2.75, 3.05) is 26.4 Å². The van der Waals surface area contributed by atoms with Gasteiger partial charge in [-0.2, -0.15) is 0 Å². The molecule has 63 valence electrons. The van der Waals surface area contributed by atoms with Gasteiger partial charge in [-0.3, -0.25) is 0 Å². The first-order chi connectivity index (χ1) is 5.27. The summed E-state index contributed by atoms with van der Waals surface area (Å²) in [6.45, 7) is 5.63. The van der Waals surface area contributed by atoms with Gasteiger partial charge in [0.1, 0.15) is 0 Å². The van der Waals surface area contributed by atoms with Crippen LogP contribution in [0.3, 0.4) is 0 Å². The summed E-state index contributed by atoms with van der Waals surface area (Å²) >= 11 is 0. The van der Waals surface area contributed by atoms with Crippen LogP contribution >= 0.6 is 0 Å². The normalized spacial score (nSPS) is 21.3. The van der Waals surface area contributed by atoms with Crippen molar-refractivity contribution in [3.63, 3.8) is 0 Å². The molecule has 1 heterocycles. The van der Waals surface area contributed by atoms with Crippen LogP contribution < -0.4 is 0 Å². The van der Waals surface area contributed by atoms with E-state index in [0.717, 1.165) is 38.9 Å². The van der Waals surface area contributed by atoms with Crippen LogP contribution in [0.25, 0.3) is 0 Å². The molecular formula is C8H15O2Si. The number of ether oxygens (including phenoxy) is 2. The molecule has 0 aromatic rings. The van der Waals surface area contributed by atoms with Gasteiger partial charge in [0, 0.05) is 22.3 Å². The lowest BCUT2D eigenvalue weighted by Crippen LogP contribution is -2.43. The van der Waals surface area contributed by atoms with E-state index in [2.05, 4.69) is 17.2 Å². The SMILES string of the molecule is CC1(COCCC[Si])COC1. The topological polar surface area (TPSA) is 18.5 Å². The van der Waals surface area contributed by atoms with Gasteiger partial charge in [-0.25, -0.2) is 0 Å². The van der Waals surface area contributed by atoms with Crippen molar-refractivity contribution in [2.24, 2.45) is 5.41 Å². The first-order valence-electron chi connectivity index (χ1n) is 4.07. The van der Waals surface area contributed by atoms with E-state index in [0.29, 0.717) is 5.41 Å². The molecule has 0 amide bonds. The van der Waals surface area contributed by atoms with Crippen LogP contribution in [0.15, 0.2) is 0 Å². The summed E-state index contributed by atoms with van der Waals surface area (Å²) in [5.74, 6) is 0. The molecule has 1 aliphatic rings. The Morgan fingerprint density at radius 3 is 2.73 bits per heavy atom. The highest BCUT2D eigenvalue weighted by Gasteiger charge is 2.33. The van der Waals surface area contributed by atoms with E-state index in [-0.39, 0.29) is 0 Å². The highest BCUT2D eigenvalue weighted by atomic mass is 28.1. The Hall–Kier alpha value is 0.137. The molecule has 0 aliphatic carbocycles. The molecule has 3 heteroatoms. The van der Waals surface area contributed by atoms with Gasteiger partial charge in [0.15, 0.2) is 0 Å². The van der Waals surface area contributed by atoms with Crippen molar-refractivity contribution in [2.45, 2.75) is 19.4 Å². The van der Waals surface area contributed by atoms with E-state index < -0.39 is 0 Å². The van der Waals surface area contributed by atoms with Crippen LogP contribution in [0, 0.1) is 5.41 Å². The summed E-state index contributed by atoms with van der Waals surface area (Å²) in [5, 5.41) is 0. The molecule has 0 saturated carbocycles. The van der Waals surface area contributed by atoms with Gasteiger partial charge < -0.3 is 9.47 Å². The first kappa shape index (κ1) is 9.23. The molecule has 11 heavy (non-hydrogen) atoms. The van der Waals surface area contributed by atoms with Crippen molar-refractivity contribution in [3.05, 3.63) is 0 Å². The highest BCUT2D eigenvalue weighted by Crippen LogP contribution is 2.26. The monoisotopic (exact) mass is 171 g/mol. The van der Waals surface area contributed by atoms with Gasteiger partial charge in [0.25, 0.3) is 0 Å². The van der Waals surface area contributed by atoms with Crippen molar-refractivity contribution >= 4 is 10.2 Å². The maximum atomic E-state index is 5.47. The Bertz CT molecular complexity index is 113. The zero-order valence-electron chi connectivity index (χ0n) is 7.06. The second-order valence-corrected chi connectivity index (χ2v) is 3.96. The second kappa shape index (κ2) is 4.23. The minimum absolute atomic E-state index is 0.311. The third kappa shape index (κ3) is 2.93. The maximum absolute atomic E-state index is 5.47. The fourth-order valence-corrected chi connectivity index (χ4v) is 1.17. The number of hydrogen-bond donors (Lipinski definition) is 0. The maximum Gasteiger partial charge on any atom is 0.0564 e. The average molecular weight is 171 g/mol. The van der Waals surface area contributed by atoms with Crippen LogP contribution in [0.5, 0.6) is 0 Å². The molecule has 3 radical (unpaired) electrons. The van der Waals surface area contributed by atoms with Crippen LogP contribution in [0.4, 0.5) is 0 Å². The van der Waals surface area contributed by atoms with Crippen molar-refractivity contribution in [1.29, 1.82) is 0 Å². The Morgan fingerprint density at radius 2 is 2.27 bits per heavy atom. The number of hydrogen-bond acceptors (Lipinski definition) is 2. The molecule has 0 aromatic carbocycles. The zero-order chi connectivity index (χ0) is 8.16. The minimum atomic E-state index is 0.311. The smallest absolute Gasteiger partial charge is 0.0564 e. The Morgan fingerprint density at radius 1 is 1.55 bits per heavy atom. The molecule has 1 saturated heterocycles. The predicted molar refractivity (Wildman–Crippen MR) is 44.9 cm³/mol. The molecule has 1 rings (SSSR count). The predicted octanol–water partition coefficient (Wildman–Crippen LogP) is 1.02. The molecular weight excluding hydrogens is 156 g/mol. The van der Waals surface area contributed by atoms with Crippen LogP contribution in [-0.4, -0.2) is 36.7 Å². The van der Waals surface area contributed by atoms with Gasteiger partial charge >= 0.3 is 0 Å². The van der Waals surface area contributed by atoms with Gasteiger partial charge in [-0.1, -0.05) is 13.0 Å². The van der Waals surface area contributed by atoms with Gasteiger partial charge in [-0.15, -0.1) is 0 Å². The van der Waals surface area contributed by atoms with Gasteiger partial charge in [0.05, 0.1) is 19.8 Å². The summed E-state index contributed by atoms with van der Waals surface area (Å²) in [7, 11) is 3.40. The van der Waals surface area contributed by atoms with E-state index in [1.807, 2.05) is 0 Å². The fraction of sp³-hybridized carbons (Fsp3) is 1.00. The molecule has 0 unspecified atom stereocenters. The summed E-state index contributed by atoms with van der Waals surface area (Å²) in [6.07, 6.45) is 1.09. The summed E-state index contributed by atoms with van der Waals surface area (Å²) in [6, 6.07) is 1.02. The van der Waals surface area contributed by atoms with Crippen molar-refractivity contribution in [1.82, 2.24) is 0 Å². The molecule has 2 nitrogen and oxygen atoms in total. The summed E-state index contributed by atoms with van der Waals surface area (Å²) in [4.78, 5) is 0. The molecule has 0 spiro atoms. The molecule has 0 bridgehead atoms. The van der Waals surface area contributed by atoms with E-state index in [9.17, 15) is 0 Å². The standard InChI is InChI=1S/C8H15O2Si/c1-8(6-10-7-8)5-9-3-2-4-11/h2-7H2,1H3. The van der Waals surface area contributed by atoms with E-state index >= 15 is 0 Å². The van der Waals surface area contributed by atoms with Crippen LogP contribution in [0.1, 0.15) is 13.3 Å². The lowest BCUT2D eigenvalue weighted by Gasteiger charge is -2.37. The zero-order valence-corrected chi connectivity index (χ0v) is 8.06. The number of rotatable bonds is 5. The first-order valence-corrected chi connectivity index (χ1v) is 4.78. The fourth-order valence-electron chi connectivity index (χ4n) is 1.03. The van der Waals surface area contributed by atoms with Gasteiger partial charge in [0.2, 0.25) is 0 Å². The van der Waals surface area contributed by atoms with Crippen LogP contribution in [-0.2, 0) is 9.47 Å². The summed E-state index contributed by atoms with van der Waals surface area (Å²) < 4.78 is 10.6. The molecule has 0 aromatic heterocycles. The molecule has 1 fully saturated rings. The van der Waals surface area contributed by atoms with E-state index in [1.165, 1.54) is 0 Å².